The smallest absolute Gasteiger partial charge is 0.409 e. The highest BCUT2D eigenvalue weighted by molar-refractivity contribution is 6.02. The van der Waals surface area contributed by atoms with E-state index in [2.05, 4.69) is 27.5 Å². The molecule has 3 aliphatic rings. The first-order valence-electron chi connectivity index (χ1n) is 16.3. The fourth-order valence-electron chi connectivity index (χ4n) is 6.68. The molecule has 2 fully saturated rings. The number of aromatic nitrogens is 2. The molecule has 2 N–H and O–H groups in total. The van der Waals surface area contributed by atoms with Crippen LogP contribution in [0.15, 0.2) is 24.4 Å². The maximum atomic E-state index is 14.7. The number of ether oxygens (including phenoxy) is 2. The van der Waals surface area contributed by atoms with Crippen LogP contribution in [0.5, 0.6) is 5.75 Å². The summed E-state index contributed by atoms with van der Waals surface area (Å²) in [5.74, 6) is -4.05. The molecule has 2 aliphatic heterocycles. The molecule has 5 rings (SSSR count). The Morgan fingerprint density at radius 3 is 2.55 bits per heavy atom. The number of nitrogens with zero attached hydrogens (tertiary/aromatic N) is 5. The van der Waals surface area contributed by atoms with Gasteiger partial charge in [0, 0.05) is 38.3 Å². The van der Waals surface area contributed by atoms with Crippen molar-refractivity contribution in [3.05, 3.63) is 30.0 Å². The number of hydrogen-bond donors (Lipinski definition) is 2. The Hall–Kier alpha value is -4.23. The average Bonchev–Trinajstić information content (AvgIpc) is 3.11. The second kappa shape index (κ2) is 13.9. The lowest BCUT2D eigenvalue weighted by Crippen LogP contribution is -2.50. The summed E-state index contributed by atoms with van der Waals surface area (Å²) < 4.78 is 40.2. The molecule has 256 valence electrons. The number of fused-ring (bicyclic) bond motifs is 1. The first-order chi connectivity index (χ1) is 22.4. The third-order valence-electron chi connectivity index (χ3n) is 9.50. The Bertz CT molecular complexity index is 1470. The van der Waals surface area contributed by atoms with E-state index < -0.39 is 18.4 Å². The maximum Gasteiger partial charge on any atom is 0.409 e. The molecule has 0 radical (unpaired) electrons. The van der Waals surface area contributed by atoms with E-state index in [-0.39, 0.29) is 40.9 Å². The number of alkyl halides is 2. The van der Waals surface area contributed by atoms with Crippen LogP contribution in [-0.4, -0.2) is 91.7 Å². The van der Waals surface area contributed by atoms with Crippen LogP contribution in [0.2, 0.25) is 0 Å². The van der Waals surface area contributed by atoms with E-state index in [9.17, 15) is 23.2 Å². The van der Waals surface area contributed by atoms with Gasteiger partial charge >= 0.3 is 12.0 Å². The van der Waals surface area contributed by atoms with Crippen LogP contribution in [0.4, 0.5) is 36.7 Å². The lowest BCUT2D eigenvalue weighted by molar-refractivity contribution is -0.140. The van der Waals surface area contributed by atoms with Gasteiger partial charge in [-0.2, -0.15) is 13.8 Å². The molecule has 2 aromatic rings. The normalized spacial score (nSPS) is 18.8. The van der Waals surface area contributed by atoms with E-state index in [1.807, 2.05) is 4.90 Å². The van der Waals surface area contributed by atoms with Crippen LogP contribution in [0.3, 0.4) is 0 Å². The molecule has 1 aliphatic carbocycles. The second-order valence-electron chi connectivity index (χ2n) is 13.2. The van der Waals surface area contributed by atoms with Gasteiger partial charge in [0.2, 0.25) is 5.95 Å². The van der Waals surface area contributed by atoms with Crippen molar-refractivity contribution in [1.82, 2.24) is 20.2 Å². The maximum absolute atomic E-state index is 14.7. The topological polar surface area (TPSA) is 129 Å². The Morgan fingerprint density at radius 2 is 1.89 bits per heavy atom. The lowest BCUT2D eigenvalue weighted by Gasteiger charge is -2.52. The number of benzene rings is 1. The van der Waals surface area contributed by atoms with E-state index >= 15 is 0 Å². The third-order valence-corrected chi connectivity index (χ3v) is 9.50. The Labute approximate surface area is 274 Å². The fourth-order valence-corrected chi connectivity index (χ4v) is 6.68. The largest absolute Gasteiger partial charge is 0.495 e. The minimum Gasteiger partial charge on any atom is -0.495 e. The van der Waals surface area contributed by atoms with Gasteiger partial charge in [-0.3, -0.25) is 9.59 Å². The van der Waals surface area contributed by atoms with Gasteiger partial charge in [0.1, 0.15) is 11.4 Å². The summed E-state index contributed by atoms with van der Waals surface area (Å²) in [6.07, 6.45) is 6.95. The predicted molar refractivity (Wildman–Crippen MR) is 174 cm³/mol. The standard InChI is InChI=1S/C33H45F2N7O5/c1-6-7-14-47-31(45)41-12-10-32(11-13-41)16-22(17-32)18-36-28(43)23-8-9-24(26(15-23)46-5)38-30-37-19-25-27(39-30)42(21(2)3)20-33(34,35)29(44)40(25)4/h8-9,15,19,21-22H,6-7,10-14,16-18,20H2,1-5H3,(H,36,43)(H,37,38,39). The van der Waals surface area contributed by atoms with Crippen molar-refractivity contribution in [2.75, 3.05) is 62.1 Å². The van der Waals surface area contributed by atoms with Crippen LogP contribution in [-0.2, 0) is 9.53 Å². The van der Waals surface area contributed by atoms with Crippen LogP contribution >= 0.6 is 0 Å². The minimum absolute atomic E-state index is 0.120. The summed E-state index contributed by atoms with van der Waals surface area (Å²) in [7, 11) is 2.76. The zero-order valence-corrected chi connectivity index (χ0v) is 27.8. The molecule has 47 heavy (non-hydrogen) atoms. The number of halogens is 2. The molecule has 3 amide bonds. The summed E-state index contributed by atoms with van der Waals surface area (Å²) in [6, 6.07) is 4.59. The molecule has 1 aromatic heterocycles. The molecule has 1 aromatic carbocycles. The molecule has 0 atom stereocenters. The SMILES string of the molecule is CCCCOC(=O)N1CCC2(CC1)CC(CNC(=O)c1ccc(Nc3ncc4c(n3)N(C(C)C)CC(F)(F)C(=O)N4C)c(OC)c1)C2. The van der Waals surface area contributed by atoms with Gasteiger partial charge in [0.25, 0.3) is 11.8 Å². The second-order valence-corrected chi connectivity index (χ2v) is 13.2. The summed E-state index contributed by atoms with van der Waals surface area (Å²) in [6.45, 7) is 7.22. The summed E-state index contributed by atoms with van der Waals surface area (Å²) in [4.78, 5) is 50.6. The number of carbonyl (C=O) groups is 3. The van der Waals surface area contributed by atoms with Crippen molar-refractivity contribution in [2.45, 2.75) is 71.3 Å². The van der Waals surface area contributed by atoms with Gasteiger partial charge in [-0.05, 0) is 75.5 Å². The summed E-state index contributed by atoms with van der Waals surface area (Å²) in [5, 5.41) is 6.11. The lowest BCUT2D eigenvalue weighted by atomic mass is 9.57. The number of hydrogen-bond acceptors (Lipinski definition) is 9. The number of methoxy groups -OCH3 is 1. The van der Waals surface area contributed by atoms with E-state index in [1.54, 1.807) is 32.0 Å². The Kier molecular flexibility index (Phi) is 10.1. The van der Waals surface area contributed by atoms with Crippen molar-refractivity contribution in [3.8, 4) is 5.75 Å². The van der Waals surface area contributed by atoms with Crippen molar-refractivity contribution >= 4 is 41.0 Å². The fraction of sp³-hybridized carbons (Fsp3) is 0.606. The number of likely N-dealkylation sites (tertiary alicyclic amines) is 1. The molecule has 1 spiro atoms. The number of carbonyl (C=O) groups excluding carboxylic acids is 3. The van der Waals surface area contributed by atoms with Gasteiger partial charge in [-0.15, -0.1) is 0 Å². The molecule has 0 unspecified atom stereocenters. The molecule has 1 saturated carbocycles. The number of rotatable bonds is 10. The molecule has 0 bridgehead atoms. The van der Waals surface area contributed by atoms with E-state index in [0.717, 1.165) is 43.4 Å². The molecule has 3 heterocycles. The van der Waals surface area contributed by atoms with Gasteiger partial charge in [-0.25, -0.2) is 9.78 Å². The van der Waals surface area contributed by atoms with Crippen molar-refractivity contribution in [1.29, 1.82) is 0 Å². The van der Waals surface area contributed by atoms with Crippen LogP contribution in [0.1, 0.15) is 69.7 Å². The molecule has 12 nitrogen and oxygen atoms in total. The Morgan fingerprint density at radius 1 is 1.17 bits per heavy atom. The van der Waals surface area contributed by atoms with Crippen LogP contribution in [0, 0.1) is 11.3 Å². The summed E-state index contributed by atoms with van der Waals surface area (Å²) >= 11 is 0. The van der Waals surface area contributed by atoms with Crippen LogP contribution in [0.25, 0.3) is 0 Å². The highest BCUT2D eigenvalue weighted by Gasteiger charge is 2.48. The molecule has 14 heteroatoms. The number of anilines is 4. The number of unbranched alkanes of at least 4 members (excludes halogenated alkanes) is 1. The molecule has 1 saturated heterocycles. The van der Waals surface area contributed by atoms with Crippen molar-refractivity contribution < 1.29 is 32.6 Å². The number of nitrogens with one attached hydrogen (secondary N) is 2. The number of piperidine rings is 1. The Balaban J connectivity index is 1.17. The minimum atomic E-state index is -3.59. The molecular formula is C33H45F2N7O5. The summed E-state index contributed by atoms with van der Waals surface area (Å²) in [5.41, 5.74) is 1.32. The zero-order chi connectivity index (χ0) is 33.9. The van der Waals surface area contributed by atoms with E-state index in [0.29, 0.717) is 49.2 Å². The quantitative estimate of drug-likeness (QED) is 0.331. The van der Waals surface area contributed by atoms with Crippen LogP contribution < -0.4 is 25.2 Å². The van der Waals surface area contributed by atoms with Gasteiger partial charge in [-0.1, -0.05) is 13.3 Å². The first kappa shape index (κ1) is 34.1. The van der Waals surface area contributed by atoms with E-state index in [4.69, 9.17) is 9.47 Å². The predicted octanol–water partition coefficient (Wildman–Crippen LogP) is 5.21. The van der Waals surface area contributed by atoms with Crippen molar-refractivity contribution in [3.63, 3.8) is 0 Å². The third kappa shape index (κ3) is 7.36. The zero-order valence-electron chi connectivity index (χ0n) is 27.8. The average molecular weight is 658 g/mol. The highest BCUT2D eigenvalue weighted by Crippen LogP contribution is 2.52. The van der Waals surface area contributed by atoms with E-state index in [1.165, 1.54) is 25.3 Å². The monoisotopic (exact) mass is 657 g/mol. The van der Waals surface area contributed by atoms with Crippen molar-refractivity contribution in [2.24, 2.45) is 11.3 Å². The van der Waals surface area contributed by atoms with Gasteiger partial charge < -0.3 is 34.8 Å². The van der Waals surface area contributed by atoms with Gasteiger partial charge in [0.05, 0.1) is 32.1 Å². The first-order valence-corrected chi connectivity index (χ1v) is 16.3. The van der Waals surface area contributed by atoms with Gasteiger partial charge in [0.15, 0.2) is 5.82 Å². The molecular weight excluding hydrogens is 612 g/mol. The highest BCUT2D eigenvalue weighted by atomic mass is 19.3. The number of amides is 3.